The highest BCUT2D eigenvalue weighted by molar-refractivity contribution is 9.10. The first kappa shape index (κ1) is 14.7. The Kier molecular flexibility index (Phi) is 4.10. The molecule has 0 radical (unpaired) electrons. The molecular formula is C14H14BrClN2O3. The van der Waals surface area contributed by atoms with Crippen molar-refractivity contribution in [3.8, 4) is 11.5 Å². The fraction of sp³-hybridized carbons (Fsp3) is 0.357. The molecule has 7 heteroatoms. The van der Waals surface area contributed by atoms with Gasteiger partial charge in [0.05, 0.1) is 21.4 Å². The van der Waals surface area contributed by atoms with Gasteiger partial charge in [-0.3, -0.25) is 4.68 Å². The molecule has 0 amide bonds. The van der Waals surface area contributed by atoms with Crippen molar-refractivity contribution in [1.82, 2.24) is 9.78 Å². The molecule has 2 aromatic rings. The lowest BCUT2D eigenvalue weighted by molar-refractivity contribution is 0.168. The van der Waals surface area contributed by atoms with Crippen LogP contribution in [0.5, 0.6) is 11.5 Å². The average Bonchev–Trinajstić information content (AvgIpc) is 2.87. The molecule has 0 saturated heterocycles. The van der Waals surface area contributed by atoms with Gasteiger partial charge in [-0.15, -0.1) is 0 Å². The fourth-order valence-electron chi connectivity index (χ4n) is 2.34. The molecule has 0 fully saturated rings. The Morgan fingerprint density at radius 1 is 1.43 bits per heavy atom. The van der Waals surface area contributed by atoms with Crippen molar-refractivity contribution in [3.63, 3.8) is 0 Å². The minimum Gasteiger partial charge on any atom is -0.486 e. The van der Waals surface area contributed by atoms with Crippen LogP contribution in [0.4, 0.5) is 0 Å². The van der Waals surface area contributed by atoms with Gasteiger partial charge in [-0.1, -0.05) is 11.6 Å². The number of aromatic nitrogens is 2. The Hall–Kier alpha value is -1.24. The Morgan fingerprint density at radius 3 is 2.95 bits per heavy atom. The van der Waals surface area contributed by atoms with E-state index in [4.69, 9.17) is 21.1 Å². The number of fused-ring (bicyclic) bond motifs is 1. The average molecular weight is 374 g/mol. The number of hydrogen-bond donors (Lipinski definition) is 1. The van der Waals surface area contributed by atoms with E-state index in [1.807, 2.05) is 13.0 Å². The highest BCUT2D eigenvalue weighted by atomic mass is 79.9. The molecule has 1 aromatic heterocycles. The van der Waals surface area contributed by atoms with Crippen LogP contribution < -0.4 is 9.47 Å². The third-order valence-electron chi connectivity index (χ3n) is 3.33. The van der Waals surface area contributed by atoms with Crippen molar-refractivity contribution >= 4 is 27.5 Å². The maximum Gasteiger partial charge on any atom is 0.175 e. The molecule has 0 bridgehead atoms. The number of aryl methyl sites for hydroxylation is 1. The molecule has 0 aliphatic carbocycles. The molecule has 1 aliphatic heterocycles. The lowest BCUT2D eigenvalue weighted by Gasteiger charge is -2.22. The second-order valence-electron chi connectivity index (χ2n) is 4.62. The molecule has 0 saturated carbocycles. The number of hydrogen-bond acceptors (Lipinski definition) is 4. The predicted octanol–water partition coefficient (Wildman–Crippen LogP) is 3.17. The summed E-state index contributed by atoms with van der Waals surface area (Å²) < 4.78 is 13.6. The monoisotopic (exact) mass is 372 g/mol. The van der Waals surface area contributed by atoms with E-state index in [0.717, 1.165) is 4.47 Å². The Morgan fingerprint density at radius 2 is 2.19 bits per heavy atom. The summed E-state index contributed by atoms with van der Waals surface area (Å²) in [5.74, 6) is 1.27. The number of nitrogens with zero attached hydrogens (tertiary/aromatic N) is 2. The van der Waals surface area contributed by atoms with Gasteiger partial charge in [0.2, 0.25) is 0 Å². The summed E-state index contributed by atoms with van der Waals surface area (Å²) in [6.45, 7) is 3.58. The standard InChI is InChI=1S/C14H14BrClN2O3/c1-2-18-12(10(16)7-17-18)13(19)8-5-9(15)14-11(6-8)20-3-4-21-14/h5-7,13,19H,2-4H2,1H3. The minimum atomic E-state index is -0.882. The number of rotatable bonds is 3. The van der Waals surface area contributed by atoms with Crippen molar-refractivity contribution in [2.24, 2.45) is 0 Å². The van der Waals surface area contributed by atoms with E-state index in [1.54, 1.807) is 10.7 Å². The summed E-state index contributed by atoms with van der Waals surface area (Å²) in [6, 6.07) is 3.58. The summed E-state index contributed by atoms with van der Waals surface area (Å²) >= 11 is 9.59. The summed E-state index contributed by atoms with van der Waals surface area (Å²) in [5.41, 5.74) is 1.24. The molecule has 112 valence electrons. The Balaban J connectivity index is 2.04. The normalized spacial score (nSPS) is 15.0. The second-order valence-corrected chi connectivity index (χ2v) is 5.88. The van der Waals surface area contributed by atoms with Gasteiger partial charge >= 0.3 is 0 Å². The van der Waals surface area contributed by atoms with E-state index in [2.05, 4.69) is 21.0 Å². The van der Waals surface area contributed by atoms with E-state index >= 15 is 0 Å². The van der Waals surface area contributed by atoms with Crippen LogP contribution in [-0.4, -0.2) is 28.1 Å². The van der Waals surface area contributed by atoms with Crippen molar-refractivity contribution in [1.29, 1.82) is 0 Å². The molecule has 2 heterocycles. The van der Waals surface area contributed by atoms with E-state index < -0.39 is 6.10 Å². The van der Waals surface area contributed by atoms with Crippen LogP contribution in [0.15, 0.2) is 22.8 Å². The zero-order chi connectivity index (χ0) is 15.0. The van der Waals surface area contributed by atoms with Crippen molar-refractivity contribution in [2.45, 2.75) is 19.6 Å². The van der Waals surface area contributed by atoms with Crippen LogP contribution in [0, 0.1) is 0 Å². The molecule has 5 nitrogen and oxygen atoms in total. The third-order valence-corrected chi connectivity index (χ3v) is 4.21. The van der Waals surface area contributed by atoms with Crippen LogP contribution >= 0.6 is 27.5 Å². The summed E-state index contributed by atoms with van der Waals surface area (Å²) in [6.07, 6.45) is 0.656. The van der Waals surface area contributed by atoms with E-state index in [9.17, 15) is 5.11 Å². The number of ether oxygens (including phenoxy) is 2. The van der Waals surface area contributed by atoms with Crippen LogP contribution in [0.1, 0.15) is 24.3 Å². The summed E-state index contributed by atoms with van der Waals surface area (Å²) in [7, 11) is 0. The van der Waals surface area contributed by atoms with E-state index in [-0.39, 0.29) is 0 Å². The minimum absolute atomic E-state index is 0.440. The van der Waals surface area contributed by atoms with E-state index in [1.165, 1.54) is 6.20 Å². The number of aliphatic hydroxyl groups excluding tert-OH is 1. The molecule has 1 aliphatic rings. The van der Waals surface area contributed by atoms with Gasteiger partial charge in [0.15, 0.2) is 11.5 Å². The summed E-state index contributed by atoms with van der Waals surface area (Å²) in [4.78, 5) is 0. The first-order valence-electron chi connectivity index (χ1n) is 6.60. The molecule has 1 N–H and O–H groups in total. The molecule has 3 rings (SSSR count). The van der Waals surface area contributed by atoms with Gasteiger partial charge in [0.25, 0.3) is 0 Å². The van der Waals surface area contributed by atoms with Gasteiger partial charge < -0.3 is 14.6 Å². The van der Waals surface area contributed by atoms with Crippen molar-refractivity contribution in [2.75, 3.05) is 13.2 Å². The SMILES string of the molecule is CCn1ncc(Cl)c1C(O)c1cc(Br)c2c(c1)OCCO2. The van der Waals surface area contributed by atoms with Crippen LogP contribution in [0.25, 0.3) is 0 Å². The first-order valence-corrected chi connectivity index (χ1v) is 7.77. The Labute approximate surface area is 135 Å². The maximum atomic E-state index is 10.6. The largest absolute Gasteiger partial charge is 0.486 e. The molecule has 1 unspecified atom stereocenters. The molecule has 1 aromatic carbocycles. The molecule has 0 spiro atoms. The topological polar surface area (TPSA) is 56.5 Å². The zero-order valence-electron chi connectivity index (χ0n) is 11.3. The zero-order valence-corrected chi connectivity index (χ0v) is 13.7. The van der Waals surface area contributed by atoms with Crippen LogP contribution in [0.3, 0.4) is 0 Å². The molecule has 1 atom stereocenters. The second kappa shape index (κ2) is 5.87. The highest BCUT2D eigenvalue weighted by Crippen LogP contribution is 2.41. The number of benzene rings is 1. The van der Waals surface area contributed by atoms with Crippen LogP contribution in [0.2, 0.25) is 5.02 Å². The van der Waals surface area contributed by atoms with Gasteiger partial charge in [0.1, 0.15) is 19.3 Å². The quantitative estimate of drug-likeness (QED) is 0.898. The highest BCUT2D eigenvalue weighted by Gasteiger charge is 2.23. The predicted molar refractivity (Wildman–Crippen MR) is 82.1 cm³/mol. The lowest BCUT2D eigenvalue weighted by Crippen LogP contribution is -2.16. The van der Waals surface area contributed by atoms with Gasteiger partial charge in [-0.25, -0.2) is 0 Å². The smallest absolute Gasteiger partial charge is 0.175 e. The summed E-state index contributed by atoms with van der Waals surface area (Å²) in [5, 5.41) is 15.2. The maximum absolute atomic E-state index is 10.6. The molecule has 21 heavy (non-hydrogen) atoms. The van der Waals surface area contributed by atoms with Crippen LogP contribution in [-0.2, 0) is 6.54 Å². The first-order chi connectivity index (χ1) is 10.1. The number of aliphatic hydroxyl groups is 1. The van der Waals surface area contributed by atoms with Gasteiger partial charge in [-0.05, 0) is 40.5 Å². The van der Waals surface area contributed by atoms with Gasteiger partial charge in [-0.2, -0.15) is 5.10 Å². The van der Waals surface area contributed by atoms with Gasteiger partial charge in [0, 0.05) is 6.54 Å². The van der Waals surface area contributed by atoms with Crippen molar-refractivity contribution in [3.05, 3.63) is 39.1 Å². The fourth-order valence-corrected chi connectivity index (χ4v) is 3.16. The third kappa shape index (κ3) is 2.63. The Bertz CT molecular complexity index is 674. The lowest BCUT2D eigenvalue weighted by atomic mass is 10.1. The van der Waals surface area contributed by atoms with Crippen molar-refractivity contribution < 1.29 is 14.6 Å². The van der Waals surface area contributed by atoms with E-state index in [0.29, 0.717) is 47.5 Å². The molecular weight excluding hydrogens is 360 g/mol. The number of halogens is 2.